The van der Waals surface area contributed by atoms with Crippen molar-refractivity contribution < 1.29 is 9.55 Å². The lowest BCUT2D eigenvalue weighted by atomic mass is 10.1. The van der Waals surface area contributed by atoms with E-state index >= 15 is 0 Å². The summed E-state index contributed by atoms with van der Waals surface area (Å²) in [6.07, 6.45) is 1.91. The van der Waals surface area contributed by atoms with Crippen LogP contribution in [-0.4, -0.2) is 64.3 Å². The second kappa shape index (κ2) is 8.45. The van der Waals surface area contributed by atoms with Gasteiger partial charge in [-0.25, -0.2) is 4.63 Å². The predicted octanol–water partition coefficient (Wildman–Crippen LogP) is 2.53. The highest BCUT2D eigenvalue weighted by Crippen LogP contribution is 2.14. The van der Waals surface area contributed by atoms with Gasteiger partial charge in [0.1, 0.15) is 11.0 Å². The molecular weight excluding hydrogens is 358 g/mol. The highest BCUT2D eigenvalue weighted by Gasteiger charge is 2.16. The Balaban J connectivity index is 1.19. The van der Waals surface area contributed by atoms with Crippen LogP contribution in [0, 0.1) is 10.1 Å². The van der Waals surface area contributed by atoms with Gasteiger partial charge in [-0.05, 0) is 46.4 Å². The van der Waals surface area contributed by atoms with Gasteiger partial charge in [-0.3, -0.25) is 10.1 Å². The van der Waals surface area contributed by atoms with Crippen LogP contribution in [0.25, 0.3) is 11.0 Å². The van der Waals surface area contributed by atoms with Crippen molar-refractivity contribution in [1.29, 1.82) is 0 Å². The van der Waals surface area contributed by atoms with E-state index in [4.69, 9.17) is 4.63 Å². The number of nitro groups is 1. The molecule has 146 valence electrons. The lowest BCUT2D eigenvalue weighted by molar-refractivity contribution is -0.384. The highest BCUT2D eigenvalue weighted by atomic mass is 16.6. The topological polar surface area (TPSA) is 88.5 Å². The summed E-state index contributed by atoms with van der Waals surface area (Å²) in [4.78, 5) is 15.3. The Morgan fingerprint density at radius 2 is 1.43 bits per heavy atom. The van der Waals surface area contributed by atoms with Crippen molar-refractivity contribution >= 4 is 16.7 Å². The van der Waals surface area contributed by atoms with E-state index in [2.05, 4.69) is 26.2 Å². The van der Waals surface area contributed by atoms with E-state index in [-0.39, 0.29) is 10.6 Å². The number of nitro benzene ring substituents is 1. The Bertz CT molecular complexity index is 932. The van der Waals surface area contributed by atoms with Crippen molar-refractivity contribution in [2.24, 2.45) is 0 Å². The number of aromatic nitrogens is 2. The fourth-order valence-electron chi connectivity index (χ4n) is 3.58. The maximum Gasteiger partial charge on any atom is 0.269 e. The summed E-state index contributed by atoms with van der Waals surface area (Å²) in [5.74, 6) is 0. The van der Waals surface area contributed by atoms with Crippen LogP contribution >= 0.6 is 0 Å². The van der Waals surface area contributed by atoms with Gasteiger partial charge in [-0.15, -0.1) is 0 Å². The number of hydrogen-bond acceptors (Lipinski definition) is 7. The molecule has 1 aromatic heterocycles. The Morgan fingerprint density at radius 1 is 0.857 bits per heavy atom. The minimum Gasteiger partial charge on any atom is -0.300 e. The molecule has 2 aromatic carbocycles. The first-order valence-electron chi connectivity index (χ1n) is 9.56. The molecule has 1 aliphatic rings. The first-order valence-corrected chi connectivity index (χ1v) is 9.56. The minimum absolute atomic E-state index is 0.149. The summed E-state index contributed by atoms with van der Waals surface area (Å²) in [6.45, 7) is 6.26. The van der Waals surface area contributed by atoms with Crippen molar-refractivity contribution in [3.05, 3.63) is 63.7 Å². The van der Waals surface area contributed by atoms with Crippen LogP contribution in [0.1, 0.15) is 11.1 Å². The fraction of sp³-hybridized carbons (Fsp3) is 0.400. The lowest BCUT2D eigenvalue weighted by Gasteiger charge is -2.34. The maximum absolute atomic E-state index is 10.7. The van der Waals surface area contributed by atoms with Crippen molar-refractivity contribution in [1.82, 2.24) is 20.1 Å². The first-order chi connectivity index (χ1) is 13.7. The Kier molecular flexibility index (Phi) is 5.59. The predicted molar refractivity (Wildman–Crippen MR) is 105 cm³/mol. The molecule has 0 bridgehead atoms. The van der Waals surface area contributed by atoms with E-state index in [1.54, 1.807) is 12.1 Å². The summed E-state index contributed by atoms with van der Waals surface area (Å²) < 4.78 is 4.75. The van der Waals surface area contributed by atoms with Crippen molar-refractivity contribution in [3.63, 3.8) is 0 Å². The highest BCUT2D eigenvalue weighted by molar-refractivity contribution is 5.73. The average Bonchev–Trinajstić information content (AvgIpc) is 3.19. The van der Waals surface area contributed by atoms with Crippen LogP contribution in [0.4, 0.5) is 5.69 Å². The molecule has 1 aliphatic heterocycles. The van der Waals surface area contributed by atoms with E-state index in [1.807, 2.05) is 24.3 Å². The summed E-state index contributed by atoms with van der Waals surface area (Å²) in [6, 6.07) is 13.0. The molecule has 0 amide bonds. The van der Waals surface area contributed by atoms with Crippen molar-refractivity contribution in [2.75, 3.05) is 39.3 Å². The van der Waals surface area contributed by atoms with E-state index in [9.17, 15) is 10.1 Å². The van der Waals surface area contributed by atoms with Gasteiger partial charge in [0.2, 0.25) is 0 Å². The van der Waals surface area contributed by atoms with Crippen molar-refractivity contribution in [3.8, 4) is 0 Å². The summed E-state index contributed by atoms with van der Waals surface area (Å²) >= 11 is 0. The second-order valence-corrected chi connectivity index (χ2v) is 7.19. The molecule has 2 heterocycles. The van der Waals surface area contributed by atoms with Crippen LogP contribution in [0.3, 0.4) is 0 Å². The molecule has 28 heavy (non-hydrogen) atoms. The molecule has 1 saturated heterocycles. The summed E-state index contributed by atoms with van der Waals surface area (Å²) in [5.41, 5.74) is 4.16. The third-order valence-electron chi connectivity index (χ3n) is 5.36. The largest absolute Gasteiger partial charge is 0.300 e. The quantitative estimate of drug-likeness (QED) is 0.459. The van der Waals surface area contributed by atoms with Gasteiger partial charge in [-0.2, -0.15) is 0 Å². The number of nitrogens with zero attached hydrogens (tertiary/aromatic N) is 5. The SMILES string of the molecule is O=[N+]([O-])c1ccc(CCN2CCN(CCc3ccc4nonc4c3)CC2)cc1. The molecule has 3 aromatic rings. The summed E-state index contributed by atoms with van der Waals surface area (Å²) in [5, 5.41) is 18.5. The number of piperazine rings is 1. The lowest BCUT2D eigenvalue weighted by Crippen LogP contribution is -2.47. The zero-order chi connectivity index (χ0) is 19.3. The molecule has 0 N–H and O–H groups in total. The third kappa shape index (κ3) is 4.52. The minimum atomic E-state index is -0.357. The monoisotopic (exact) mass is 381 g/mol. The normalized spacial score (nSPS) is 15.9. The van der Waals surface area contributed by atoms with E-state index in [0.29, 0.717) is 0 Å². The molecular formula is C20H23N5O3. The Morgan fingerprint density at radius 3 is 2.07 bits per heavy atom. The fourth-order valence-corrected chi connectivity index (χ4v) is 3.58. The first kappa shape index (κ1) is 18.5. The van der Waals surface area contributed by atoms with Crippen LogP contribution in [0.15, 0.2) is 47.1 Å². The molecule has 1 fully saturated rings. The van der Waals surface area contributed by atoms with Gasteiger partial charge < -0.3 is 9.80 Å². The molecule has 0 spiro atoms. The molecule has 8 nitrogen and oxygen atoms in total. The van der Waals surface area contributed by atoms with Crippen molar-refractivity contribution in [2.45, 2.75) is 12.8 Å². The zero-order valence-electron chi connectivity index (χ0n) is 15.7. The second-order valence-electron chi connectivity index (χ2n) is 7.19. The Hall–Kier alpha value is -2.84. The van der Waals surface area contributed by atoms with Crippen LogP contribution < -0.4 is 0 Å². The molecule has 0 saturated carbocycles. The van der Waals surface area contributed by atoms with Crippen LogP contribution in [0.2, 0.25) is 0 Å². The number of hydrogen-bond donors (Lipinski definition) is 0. The van der Waals surface area contributed by atoms with E-state index < -0.39 is 0 Å². The number of fused-ring (bicyclic) bond motifs is 1. The maximum atomic E-state index is 10.7. The average molecular weight is 381 g/mol. The van der Waals surface area contributed by atoms with Gasteiger partial charge in [0.05, 0.1) is 4.92 Å². The Labute approximate surface area is 162 Å². The molecule has 0 radical (unpaired) electrons. The number of rotatable bonds is 7. The molecule has 8 heteroatoms. The number of non-ortho nitro benzene ring substituents is 1. The van der Waals surface area contributed by atoms with E-state index in [0.717, 1.165) is 68.7 Å². The molecule has 4 rings (SSSR count). The third-order valence-corrected chi connectivity index (χ3v) is 5.36. The smallest absolute Gasteiger partial charge is 0.269 e. The molecule has 0 atom stereocenters. The van der Waals surface area contributed by atoms with Crippen LogP contribution in [0.5, 0.6) is 0 Å². The zero-order valence-corrected chi connectivity index (χ0v) is 15.7. The molecule has 0 aliphatic carbocycles. The number of benzene rings is 2. The summed E-state index contributed by atoms with van der Waals surface area (Å²) in [7, 11) is 0. The van der Waals surface area contributed by atoms with Gasteiger partial charge in [0, 0.05) is 51.4 Å². The van der Waals surface area contributed by atoms with Gasteiger partial charge in [0.15, 0.2) is 0 Å². The van der Waals surface area contributed by atoms with Crippen LogP contribution in [-0.2, 0) is 12.8 Å². The molecule has 0 unspecified atom stereocenters. The van der Waals surface area contributed by atoms with Gasteiger partial charge in [0.25, 0.3) is 5.69 Å². The van der Waals surface area contributed by atoms with Gasteiger partial charge >= 0.3 is 0 Å². The van der Waals surface area contributed by atoms with Gasteiger partial charge in [-0.1, -0.05) is 18.2 Å². The standard InChI is InChI=1S/C20H23N5O3/c26-25(27)18-4-1-16(2-5-18)7-9-23-11-13-24(14-12-23)10-8-17-3-6-19-20(15-17)22-28-21-19/h1-6,15H,7-14H2. The van der Waals surface area contributed by atoms with E-state index in [1.165, 1.54) is 5.56 Å².